The maximum atomic E-state index is 13.2. The van der Waals surface area contributed by atoms with Crippen LogP contribution in [0.5, 0.6) is 0 Å². The van der Waals surface area contributed by atoms with Crippen LogP contribution in [-0.2, 0) is 24.1 Å². The van der Waals surface area contributed by atoms with E-state index in [1.807, 2.05) is 0 Å². The number of hydrogen-bond donors (Lipinski definition) is 3. The number of nitrogens with one attached hydrogen (secondary N) is 2. The molecule has 0 fully saturated rings. The van der Waals surface area contributed by atoms with Crippen LogP contribution in [0.4, 0.5) is 24.5 Å². The molecule has 0 aliphatic carbocycles. The largest absolute Gasteiger partial charge is 0.418 e. The van der Waals surface area contributed by atoms with Gasteiger partial charge in [0, 0.05) is 24.8 Å². The third kappa shape index (κ3) is 4.73. The van der Waals surface area contributed by atoms with E-state index in [-0.39, 0.29) is 24.5 Å². The van der Waals surface area contributed by atoms with Crippen LogP contribution in [0.1, 0.15) is 23.6 Å². The molecule has 0 aliphatic heterocycles. The predicted octanol–water partition coefficient (Wildman–Crippen LogP) is 3.77. The molecule has 0 spiro atoms. The van der Waals surface area contributed by atoms with E-state index >= 15 is 0 Å². The number of alkyl halides is 3. The summed E-state index contributed by atoms with van der Waals surface area (Å²) in [6, 6.07) is 10.5. The van der Waals surface area contributed by atoms with Crippen molar-refractivity contribution in [3.8, 4) is 0 Å². The van der Waals surface area contributed by atoms with Crippen LogP contribution in [0.15, 0.2) is 42.5 Å². The Labute approximate surface area is 137 Å². The molecule has 0 unspecified atom stereocenters. The van der Waals surface area contributed by atoms with E-state index in [1.165, 1.54) is 19.1 Å². The molecule has 24 heavy (non-hydrogen) atoms. The van der Waals surface area contributed by atoms with Crippen molar-refractivity contribution >= 4 is 17.3 Å². The van der Waals surface area contributed by atoms with Gasteiger partial charge in [0.2, 0.25) is 5.91 Å². The highest BCUT2D eigenvalue weighted by atomic mass is 19.4. The fourth-order valence-electron chi connectivity index (χ4n) is 2.17. The number of amides is 1. The number of aliphatic hydroxyl groups excluding tert-OH is 1. The van der Waals surface area contributed by atoms with Crippen LogP contribution in [-0.4, -0.2) is 11.0 Å². The fourth-order valence-corrected chi connectivity index (χ4v) is 2.17. The Bertz CT molecular complexity index is 713. The average Bonchev–Trinajstić information content (AvgIpc) is 2.52. The van der Waals surface area contributed by atoms with E-state index in [0.29, 0.717) is 0 Å². The Hall–Kier alpha value is -2.54. The Kier molecular flexibility index (Phi) is 5.46. The molecular weight excluding hydrogens is 321 g/mol. The second-order valence-corrected chi connectivity index (χ2v) is 5.27. The number of aliphatic hydroxyl groups is 1. The van der Waals surface area contributed by atoms with Gasteiger partial charge in [-0.25, -0.2) is 0 Å². The molecule has 2 rings (SSSR count). The van der Waals surface area contributed by atoms with Crippen molar-refractivity contribution in [2.24, 2.45) is 0 Å². The van der Waals surface area contributed by atoms with Gasteiger partial charge in [-0.15, -0.1) is 0 Å². The van der Waals surface area contributed by atoms with E-state index in [4.69, 9.17) is 5.11 Å². The van der Waals surface area contributed by atoms with Gasteiger partial charge in [0.15, 0.2) is 0 Å². The molecule has 0 bridgehead atoms. The van der Waals surface area contributed by atoms with Crippen LogP contribution in [0.3, 0.4) is 0 Å². The first-order chi connectivity index (χ1) is 11.3. The Morgan fingerprint density at radius 3 is 2.25 bits per heavy atom. The first kappa shape index (κ1) is 17.8. The molecule has 3 N–H and O–H groups in total. The number of carbonyl (C=O) groups is 1. The lowest BCUT2D eigenvalue weighted by Gasteiger charge is -2.16. The van der Waals surface area contributed by atoms with Crippen molar-refractivity contribution in [3.63, 3.8) is 0 Å². The molecule has 1 amide bonds. The van der Waals surface area contributed by atoms with E-state index in [0.717, 1.165) is 17.2 Å². The third-order valence-electron chi connectivity index (χ3n) is 3.33. The Morgan fingerprint density at radius 1 is 1.08 bits per heavy atom. The highest BCUT2D eigenvalue weighted by Gasteiger charge is 2.33. The van der Waals surface area contributed by atoms with Gasteiger partial charge in [0.1, 0.15) is 0 Å². The van der Waals surface area contributed by atoms with Crippen LogP contribution >= 0.6 is 0 Å². The first-order valence-corrected chi connectivity index (χ1v) is 7.21. The topological polar surface area (TPSA) is 61.4 Å². The zero-order valence-electron chi connectivity index (χ0n) is 12.9. The molecule has 0 aromatic heterocycles. The highest BCUT2D eigenvalue weighted by Crippen LogP contribution is 2.36. The third-order valence-corrected chi connectivity index (χ3v) is 3.33. The summed E-state index contributed by atoms with van der Waals surface area (Å²) >= 11 is 0. The lowest BCUT2D eigenvalue weighted by Crippen LogP contribution is -2.13. The molecule has 2 aromatic rings. The zero-order valence-corrected chi connectivity index (χ0v) is 12.9. The molecule has 0 heterocycles. The van der Waals surface area contributed by atoms with Crippen molar-refractivity contribution in [2.75, 3.05) is 10.6 Å². The quantitative estimate of drug-likeness (QED) is 0.778. The van der Waals surface area contributed by atoms with E-state index < -0.39 is 17.6 Å². The zero-order chi connectivity index (χ0) is 17.7. The summed E-state index contributed by atoms with van der Waals surface area (Å²) in [6.07, 6.45) is -4.54. The summed E-state index contributed by atoms with van der Waals surface area (Å²) in [5.41, 5.74) is 0.692. The summed E-state index contributed by atoms with van der Waals surface area (Å²) < 4.78 is 39.6. The molecule has 0 saturated heterocycles. The molecule has 0 aliphatic rings. The summed E-state index contributed by atoms with van der Waals surface area (Å²) in [5, 5.41) is 14.1. The number of rotatable bonds is 5. The standard InChI is InChI=1S/C17H17F3N2O2/c1-11(24)22-14-6-7-16(15(8-14)17(18,19)20)21-9-12-2-4-13(10-23)5-3-12/h2-8,21,23H,9-10H2,1H3,(H,22,24). The first-order valence-electron chi connectivity index (χ1n) is 7.21. The molecular formula is C17H17F3N2O2. The van der Waals surface area contributed by atoms with Gasteiger partial charge in [-0.2, -0.15) is 13.2 Å². The van der Waals surface area contributed by atoms with Crippen LogP contribution < -0.4 is 10.6 Å². The van der Waals surface area contributed by atoms with Gasteiger partial charge in [-0.1, -0.05) is 24.3 Å². The number of hydrogen-bond acceptors (Lipinski definition) is 3. The molecule has 0 saturated carbocycles. The van der Waals surface area contributed by atoms with Crippen molar-refractivity contribution in [2.45, 2.75) is 26.3 Å². The van der Waals surface area contributed by atoms with Crippen molar-refractivity contribution in [3.05, 3.63) is 59.2 Å². The van der Waals surface area contributed by atoms with Gasteiger partial charge in [0.25, 0.3) is 0 Å². The number of benzene rings is 2. The summed E-state index contributed by atoms with van der Waals surface area (Å²) in [6.45, 7) is 1.35. The maximum Gasteiger partial charge on any atom is 0.418 e. The van der Waals surface area contributed by atoms with Crippen LogP contribution in [0.2, 0.25) is 0 Å². The van der Waals surface area contributed by atoms with Crippen molar-refractivity contribution < 1.29 is 23.1 Å². The monoisotopic (exact) mass is 338 g/mol. The number of carbonyl (C=O) groups excluding carboxylic acids is 1. The normalized spacial score (nSPS) is 11.2. The minimum absolute atomic E-state index is 0.0668. The van der Waals surface area contributed by atoms with Crippen LogP contribution in [0.25, 0.3) is 0 Å². The van der Waals surface area contributed by atoms with E-state index in [9.17, 15) is 18.0 Å². The van der Waals surface area contributed by atoms with E-state index in [2.05, 4.69) is 10.6 Å². The number of anilines is 2. The summed E-state index contributed by atoms with van der Waals surface area (Å²) in [7, 11) is 0. The Balaban J connectivity index is 2.20. The Morgan fingerprint density at radius 2 is 1.71 bits per heavy atom. The molecule has 0 atom stereocenters. The molecule has 2 aromatic carbocycles. The average molecular weight is 338 g/mol. The second-order valence-electron chi connectivity index (χ2n) is 5.27. The fraction of sp³-hybridized carbons (Fsp3) is 0.235. The molecule has 0 radical (unpaired) electrons. The smallest absolute Gasteiger partial charge is 0.392 e. The van der Waals surface area contributed by atoms with Gasteiger partial charge >= 0.3 is 6.18 Å². The number of halogens is 3. The maximum absolute atomic E-state index is 13.2. The lowest BCUT2D eigenvalue weighted by molar-refractivity contribution is -0.137. The van der Waals surface area contributed by atoms with Gasteiger partial charge < -0.3 is 15.7 Å². The second kappa shape index (κ2) is 7.35. The predicted molar refractivity (Wildman–Crippen MR) is 85.4 cm³/mol. The minimum atomic E-state index is -4.54. The lowest BCUT2D eigenvalue weighted by atomic mass is 10.1. The van der Waals surface area contributed by atoms with Crippen molar-refractivity contribution in [1.29, 1.82) is 0 Å². The van der Waals surface area contributed by atoms with Gasteiger partial charge in [-0.05, 0) is 29.3 Å². The van der Waals surface area contributed by atoms with Crippen molar-refractivity contribution in [1.82, 2.24) is 0 Å². The molecule has 4 nitrogen and oxygen atoms in total. The van der Waals surface area contributed by atoms with Gasteiger partial charge in [0.05, 0.1) is 12.2 Å². The summed E-state index contributed by atoms with van der Waals surface area (Å²) in [5.74, 6) is -0.437. The highest BCUT2D eigenvalue weighted by molar-refractivity contribution is 5.89. The van der Waals surface area contributed by atoms with E-state index in [1.54, 1.807) is 24.3 Å². The summed E-state index contributed by atoms with van der Waals surface area (Å²) in [4.78, 5) is 11.0. The van der Waals surface area contributed by atoms with Gasteiger partial charge in [-0.3, -0.25) is 4.79 Å². The SMILES string of the molecule is CC(=O)Nc1ccc(NCc2ccc(CO)cc2)c(C(F)(F)F)c1. The molecule has 7 heteroatoms. The van der Waals surface area contributed by atoms with Crippen LogP contribution in [0, 0.1) is 0 Å². The minimum Gasteiger partial charge on any atom is -0.392 e. The molecule has 128 valence electrons.